The van der Waals surface area contributed by atoms with E-state index in [0.717, 1.165) is 0 Å². The molecular weight excluding hydrogens is 223 g/mol. The lowest BCUT2D eigenvalue weighted by molar-refractivity contribution is 0.350. The quantitative estimate of drug-likeness (QED) is 0.674. The highest BCUT2D eigenvalue weighted by Crippen LogP contribution is 2.14. The SMILES string of the molecule is OCC#Cc1ccc(Br)cc1F. The lowest BCUT2D eigenvalue weighted by Crippen LogP contribution is -1.83. The molecule has 0 atom stereocenters. The summed E-state index contributed by atoms with van der Waals surface area (Å²) in [5, 5.41) is 8.37. The Labute approximate surface area is 78.4 Å². The number of hydrogen-bond acceptors (Lipinski definition) is 1. The summed E-state index contributed by atoms with van der Waals surface area (Å²) in [6.45, 7) is -0.254. The van der Waals surface area contributed by atoms with Crippen LogP contribution >= 0.6 is 15.9 Å². The van der Waals surface area contributed by atoms with Gasteiger partial charge in [-0.15, -0.1) is 0 Å². The summed E-state index contributed by atoms with van der Waals surface area (Å²) in [5.41, 5.74) is 0.298. The maximum absolute atomic E-state index is 13.0. The van der Waals surface area contributed by atoms with E-state index in [-0.39, 0.29) is 12.4 Å². The molecule has 0 unspecified atom stereocenters. The van der Waals surface area contributed by atoms with Crippen molar-refractivity contribution >= 4 is 15.9 Å². The Morgan fingerprint density at radius 2 is 2.25 bits per heavy atom. The van der Waals surface area contributed by atoms with Gasteiger partial charge in [0.15, 0.2) is 0 Å². The molecule has 0 fully saturated rings. The molecule has 1 aromatic carbocycles. The van der Waals surface area contributed by atoms with Crippen molar-refractivity contribution in [2.75, 3.05) is 6.61 Å². The largest absolute Gasteiger partial charge is 0.384 e. The van der Waals surface area contributed by atoms with E-state index < -0.39 is 0 Å². The van der Waals surface area contributed by atoms with Crippen molar-refractivity contribution in [3.63, 3.8) is 0 Å². The molecule has 0 saturated heterocycles. The third-order valence-corrected chi connectivity index (χ3v) is 1.73. The Kier molecular flexibility index (Phi) is 3.27. The van der Waals surface area contributed by atoms with Crippen molar-refractivity contribution < 1.29 is 9.50 Å². The summed E-state index contributed by atoms with van der Waals surface area (Å²) in [5.74, 6) is 4.49. The molecule has 12 heavy (non-hydrogen) atoms. The molecule has 3 heteroatoms. The molecule has 0 radical (unpaired) electrons. The highest BCUT2D eigenvalue weighted by Gasteiger charge is 1.97. The fourth-order valence-electron chi connectivity index (χ4n) is 0.726. The molecule has 0 spiro atoms. The Morgan fingerprint density at radius 3 is 2.83 bits per heavy atom. The van der Waals surface area contributed by atoms with Gasteiger partial charge in [-0.2, -0.15) is 0 Å². The zero-order chi connectivity index (χ0) is 8.97. The summed E-state index contributed by atoms with van der Waals surface area (Å²) in [7, 11) is 0. The topological polar surface area (TPSA) is 20.2 Å². The van der Waals surface area contributed by atoms with Crippen molar-refractivity contribution in [2.24, 2.45) is 0 Å². The smallest absolute Gasteiger partial charge is 0.139 e. The van der Waals surface area contributed by atoms with Crippen LogP contribution in [-0.4, -0.2) is 11.7 Å². The van der Waals surface area contributed by atoms with Gasteiger partial charge in [0.05, 0.1) is 5.56 Å². The first-order valence-electron chi connectivity index (χ1n) is 3.29. The van der Waals surface area contributed by atoms with Crippen LogP contribution in [0.1, 0.15) is 5.56 Å². The van der Waals surface area contributed by atoms with Crippen molar-refractivity contribution in [3.8, 4) is 11.8 Å². The van der Waals surface area contributed by atoms with Crippen LogP contribution < -0.4 is 0 Å². The predicted molar refractivity (Wildman–Crippen MR) is 48.1 cm³/mol. The van der Waals surface area contributed by atoms with E-state index in [9.17, 15) is 4.39 Å². The number of halogens is 2. The molecule has 1 nitrogen and oxygen atoms in total. The lowest BCUT2D eigenvalue weighted by Gasteiger charge is -1.93. The van der Waals surface area contributed by atoms with Crippen LogP contribution in [0, 0.1) is 17.7 Å². The van der Waals surface area contributed by atoms with Crippen LogP contribution in [0.2, 0.25) is 0 Å². The molecule has 0 saturated carbocycles. The number of rotatable bonds is 0. The second-order valence-electron chi connectivity index (χ2n) is 2.08. The summed E-state index contributed by atoms with van der Waals surface area (Å²) >= 11 is 3.13. The minimum Gasteiger partial charge on any atom is -0.384 e. The van der Waals surface area contributed by atoms with Gasteiger partial charge in [-0.05, 0) is 18.2 Å². The highest BCUT2D eigenvalue weighted by molar-refractivity contribution is 9.10. The van der Waals surface area contributed by atoms with Gasteiger partial charge in [-0.3, -0.25) is 0 Å². The van der Waals surface area contributed by atoms with E-state index in [1.54, 1.807) is 12.1 Å². The van der Waals surface area contributed by atoms with Crippen LogP contribution in [-0.2, 0) is 0 Å². The maximum atomic E-state index is 13.0. The van der Waals surface area contributed by atoms with E-state index >= 15 is 0 Å². The molecule has 1 rings (SSSR count). The molecule has 62 valence electrons. The molecule has 0 bridgehead atoms. The van der Waals surface area contributed by atoms with Crippen LogP contribution in [0.25, 0.3) is 0 Å². The zero-order valence-corrected chi connectivity index (χ0v) is 7.73. The van der Waals surface area contributed by atoms with E-state index in [4.69, 9.17) is 5.11 Å². The van der Waals surface area contributed by atoms with Crippen molar-refractivity contribution in [1.82, 2.24) is 0 Å². The van der Waals surface area contributed by atoms with Gasteiger partial charge in [-0.25, -0.2) is 4.39 Å². The number of aliphatic hydroxyl groups excluding tert-OH is 1. The molecule has 0 aliphatic carbocycles. The standard InChI is InChI=1S/C9H6BrFO/c10-8-4-3-7(2-1-5-12)9(11)6-8/h3-4,6,12H,5H2. The number of hydrogen-bond donors (Lipinski definition) is 1. The molecule has 1 aromatic rings. The molecular formula is C9H6BrFO. The normalized spacial score (nSPS) is 8.92. The molecule has 0 aliphatic heterocycles. The molecule has 0 heterocycles. The highest BCUT2D eigenvalue weighted by atomic mass is 79.9. The lowest BCUT2D eigenvalue weighted by atomic mass is 10.2. The van der Waals surface area contributed by atoms with Gasteiger partial charge in [0.1, 0.15) is 12.4 Å². The second-order valence-corrected chi connectivity index (χ2v) is 3.00. The van der Waals surface area contributed by atoms with Crippen LogP contribution in [0.4, 0.5) is 4.39 Å². The summed E-state index contributed by atoms with van der Waals surface area (Å²) in [6.07, 6.45) is 0. The van der Waals surface area contributed by atoms with Crippen LogP contribution in [0.3, 0.4) is 0 Å². The predicted octanol–water partition coefficient (Wildman–Crippen LogP) is 1.93. The fraction of sp³-hybridized carbons (Fsp3) is 0.111. The average molecular weight is 229 g/mol. The van der Waals surface area contributed by atoms with Gasteiger partial charge in [0.2, 0.25) is 0 Å². The summed E-state index contributed by atoms with van der Waals surface area (Å²) < 4.78 is 13.6. The average Bonchev–Trinajstić information content (AvgIpc) is 2.03. The van der Waals surface area contributed by atoms with Gasteiger partial charge in [0, 0.05) is 4.47 Å². The van der Waals surface area contributed by atoms with Gasteiger partial charge in [-0.1, -0.05) is 27.8 Å². The van der Waals surface area contributed by atoms with E-state index in [2.05, 4.69) is 27.8 Å². The van der Waals surface area contributed by atoms with Crippen molar-refractivity contribution in [2.45, 2.75) is 0 Å². The second kappa shape index (κ2) is 4.24. The zero-order valence-electron chi connectivity index (χ0n) is 6.14. The Hall–Kier alpha value is -0.850. The maximum Gasteiger partial charge on any atom is 0.139 e. The monoisotopic (exact) mass is 228 g/mol. The molecule has 0 aliphatic rings. The Bertz CT molecular complexity index is 338. The van der Waals surface area contributed by atoms with Gasteiger partial charge >= 0.3 is 0 Å². The van der Waals surface area contributed by atoms with E-state index in [0.29, 0.717) is 10.0 Å². The minimum atomic E-state index is -0.384. The van der Waals surface area contributed by atoms with Gasteiger partial charge in [0.25, 0.3) is 0 Å². The summed E-state index contributed by atoms with van der Waals surface area (Å²) in [6, 6.07) is 4.59. The molecule has 0 aromatic heterocycles. The first kappa shape index (κ1) is 9.24. The molecule has 0 amide bonds. The number of aliphatic hydroxyl groups is 1. The fourth-order valence-corrected chi connectivity index (χ4v) is 1.06. The Morgan fingerprint density at radius 1 is 1.50 bits per heavy atom. The van der Waals surface area contributed by atoms with Gasteiger partial charge < -0.3 is 5.11 Å². The summed E-state index contributed by atoms with van der Waals surface area (Å²) in [4.78, 5) is 0. The molecule has 1 N–H and O–H groups in total. The third kappa shape index (κ3) is 2.33. The van der Waals surface area contributed by atoms with Crippen LogP contribution in [0.15, 0.2) is 22.7 Å². The van der Waals surface area contributed by atoms with E-state index in [1.807, 2.05) is 0 Å². The van der Waals surface area contributed by atoms with Crippen molar-refractivity contribution in [1.29, 1.82) is 0 Å². The van der Waals surface area contributed by atoms with Crippen LogP contribution in [0.5, 0.6) is 0 Å². The first-order chi connectivity index (χ1) is 5.74. The Balaban J connectivity index is 3.01. The third-order valence-electron chi connectivity index (χ3n) is 1.23. The first-order valence-corrected chi connectivity index (χ1v) is 4.08. The number of benzene rings is 1. The van der Waals surface area contributed by atoms with Crippen molar-refractivity contribution in [3.05, 3.63) is 34.1 Å². The van der Waals surface area contributed by atoms with E-state index in [1.165, 1.54) is 6.07 Å². The minimum absolute atomic E-state index is 0.254.